The van der Waals surface area contributed by atoms with Gasteiger partial charge < -0.3 is 45.1 Å². The molecule has 1 aliphatic rings. The van der Waals surface area contributed by atoms with Crippen molar-refractivity contribution in [2.45, 2.75) is 371 Å². The van der Waals surface area contributed by atoms with Gasteiger partial charge in [-0.1, -0.05) is 279 Å². The van der Waals surface area contributed by atoms with Crippen molar-refractivity contribution in [3.63, 3.8) is 0 Å². The van der Waals surface area contributed by atoms with E-state index in [1.165, 1.54) is 231 Å². The summed E-state index contributed by atoms with van der Waals surface area (Å²) in [5, 5.41) is 54.2. The fraction of sp³-hybridized carbons (Fsp3) is 0.813. The molecule has 0 saturated carbocycles. The fourth-order valence-electron chi connectivity index (χ4n) is 11.1. The quantitative estimate of drug-likeness (QED) is 0.0195. The third-order valence-corrected chi connectivity index (χ3v) is 16.8. The molecule has 7 unspecified atom stereocenters. The molecular weight excluding hydrogens is 1070 g/mol. The van der Waals surface area contributed by atoms with Gasteiger partial charge in [0.25, 0.3) is 0 Å². The normalized spacial score (nSPS) is 18.3. The Morgan fingerprint density at radius 1 is 0.453 bits per heavy atom. The Kier molecular flexibility index (Phi) is 60.0. The molecule has 0 aliphatic carbocycles. The summed E-state index contributed by atoms with van der Waals surface area (Å²) in [6.45, 7) is 4.08. The lowest BCUT2D eigenvalue weighted by atomic mass is 9.99. The van der Waals surface area contributed by atoms with Gasteiger partial charge in [0, 0.05) is 12.8 Å². The van der Waals surface area contributed by atoms with Crippen LogP contribution >= 0.6 is 0 Å². The van der Waals surface area contributed by atoms with Crippen LogP contribution in [0.1, 0.15) is 328 Å². The summed E-state index contributed by atoms with van der Waals surface area (Å²) in [6, 6.07) is -0.832. The molecule has 0 aromatic carbocycles. The number of amides is 1. The number of aliphatic hydroxyl groups is 5. The number of carbonyl (C=O) groups is 2. The number of carbonyl (C=O) groups excluding carboxylic acids is 2. The van der Waals surface area contributed by atoms with Gasteiger partial charge in [0.05, 0.1) is 32.0 Å². The average Bonchev–Trinajstić information content (AvgIpc) is 2.71. The summed E-state index contributed by atoms with van der Waals surface area (Å²) in [6.07, 6.45) is 76.7. The van der Waals surface area contributed by atoms with Gasteiger partial charge in [0.2, 0.25) is 5.91 Å². The summed E-state index contributed by atoms with van der Waals surface area (Å²) in [7, 11) is 0. The highest BCUT2D eigenvalue weighted by atomic mass is 16.7. The van der Waals surface area contributed by atoms with Crippen LogP contribution < -0.4 is 5.32 Å². The first-order valence-electron chi connectivity index (χ1n) is 36.2. The topological polar surface area (TPSA) is 175 Å². The monoisotopic (exact) mass is 1210 g/mol. The third kappa shape index (κ3) is 51.9. The van der Waals surface area contributed by atoms with Crippen molar-refractivity contribution < 1.29 is 49.3 Å². The summed E-state index contributed by atoms with van der Waals surface area (Å²) >= 11 is 0. The first kappa shape index (κ1) is 81.1. The van der Waals surface area contributed by atoms with E-state index in [4.69, 9.17) is 14.2 Å². The van der Waals surface area contributed by atoms with E-state index in [2.05, 4.69) is 66.9 Å². The van der Waals surface area contributed by atoms with Crippen LogP contribution in [-0.2, 0) is 23.8 Å². The molecule has 7 atom stereocenters. The first-order valence-corrected chi connectivity index (χ1v) is 36.2. The van der Waals surface area contributed by atoms with Crippen molar-refractivity contribution in [1.29, 1.82) is 0 Å². The molecule has 0 bridgehead atoms. The van der Waals surface area contributed by atoms with Gasteiger partial charge in [0.1, 0.15) is 24.4 Å². The largest absolute Gasteiger partial charge is 0.466 e. The molecule has 86 heavy (non-hydrogen) atoms. The van der Waals surface area contributed by atoms with Gasteiger partial charge >= 0.3 is 5.97 Å². The molecule has 0 spiro atoms. The molecule has 1 aliphatic heterocycles. The van der Waals surface area contributed by atoms with Crippen molar-refractivity contribution in [2.24, 2.45) is 0 Å². The van der Waals surface area contributed by atoms with Gasteiger partial charge in [-0.15, -0.1) is 0 Å². The molecule has 1 fully saturated rings. The van der Waals surface area contributed by atoms with E-state index in [1.807, 2.05) is 19.1 Å². The van der Waals surface area contributed by atoms with Gasteiger partial charge in [-0.3, -0.25) is 9.59 Å². The Hall–Kier alpha value is -2.90. The number of unbranched alkanes of at least 4 members (excludes halogenated alkanes) is 40. The van der Waals surface area contributed by atoms with Crippen LogP contribution in [0.25, 0.3) is 0 Å². The highest BCUT2D eigenvalue weighted by Gasteiger charge is 2.44. The van der Waals surface area contributed by atoms with Crippen LogP contribution in [0.3, 0.4) is 0 Å². The predicted molar refractivity (Wildman–Crippen MR) is 361 cm³/mol. The number of nitrogens with one attached hydrogen (secondary N) is 1. The predicted octanol–water partition coefficient (Wildman–Crippen LogP) is 18.7. The second kappa shape index (κ2) is 63.7. The highest BCUT2D eigenvalue weighted by Crippen LogP contribution is 2.23. The van der Waals surface area contributed by atoms with Crippen LogP contribution in [-0.4, -0.2) is 100 Å². The molecule has 11 nitrogen and oxygen atoms in total. The average molecular weight is 1210 g/mol. The van der Waals surface area contributed by atoms with E-state index in [0.29, 0.717) is 19.4 Å². The number of esters is 1. The SMILES string of the molecule is C/C=C/CC/C=C/CC/C=C/C(O)C(COC1OC(CO)C(O)C(O)C1O)NC(=O)CCCCCCCCCCCCCCCCCCC/C=C\C/C=C\CCCCCCCCCCCCCCCOC(=O)CCCCCCC/C=C\CCCCC. The summed E-state index contributed by atoms with van der Waals surface area (Å²) in [4.78, 5) is 25.0. The highest BCUT2D eigenvalue weighted by molar-refractivity contribution is 5.76. The maximum absolute atomic E-state index is 13.0. The van der Waals surface area contributed by atoms with E-state index in [9.17, 15) is 35.1 Å². The second-order valence-electron chi connectivity index (χ2n) is 24.9. The van der Waals surface area contributed by atoms with Crippen LogP contribution in [0, 0.1) is 0 Å². The zero-order valence-corrected chi connectivity index (χ0v) is 55.5. The Bertz CT molecular complexity index is 1660. The smallest absolute Gasteiger partial charge is 0.305 e. The lowest BCUT2D eigenvalue weighted by Gasteiger charge is -2.40. The van der Waals surface area contributed by atoms with Gasteiger partial charge in [-0.05, 0) is 110 Å². The lowest BCUT2D eigenvalue weighted by Crippen LogP contribution is -2.60. The Morgan fingerprint density at radius 3 is 1.29 bits per heavy atom. The van der Waals surface area contributed by atoms with Crippen molar-refractivity contribution in [2.75, 3.05) is 19.8 Å². The lowest BCUT2D eigenvalue weighted by molar-refractivity contribution is -0.302. The molecule has 1 heterocycles. The number of hydrogen-bond donors (Lipinski definition) is 6. The van der Waals surface area contributed by atoms with Gasteiger partial charge in [0.15, 0.2) is 6.29 Å². The van der Waals surface area contributed by atoms with E-state index >= 15 is 0 Å². The number of hydrogen-bond acceptors (Lipinski definition) is 10. The summed E-state index contributed by atoms with van der Waals surface area (Å²) in [5.74, 6) is -0.195. The minimum absolute atomic E-state index is 0.00170. The maximum Gasteiger partial charge on any atom is 0.305 e. The Labute approximate surface area is 528 Å². The molecule has 0 radical (unpaired) electrons. The van der Waals surface area contributed by atoms with E-state index in [1.54, 1.807) is 6.08 Å². The third-order valence-electron chi connectivity index (χ3n) is 16.8. The van der Waals surface area contributed by atoms with E-state index < -0.39 is 49.5 Å². The molecule has 1 saturated heterocycles. The standard InChI is InChI=1S/C75H135NO10/c1-3-5-7-9-11-13-14-43-47-51-55-59-63-71(80)84-64-60-56-52-48-44-41-39-37-35-33-31-29-27-25-23-21-19-17-15-16-18-20-22-24-26-28-30-32-34-36-38-40-42-46-50-54-58-62-70(79)76-67(68(78)61-57-53-49-45-12-10-8-6-4-2)66-85-75-74(83)73(82)72(81)69(65-77)86-75/h4,6,11-13,15,17,21,23,45,57,61,67-69,72-75,77-78,81-83H,3,5,7-10,14,16,18-20,22,24-44,46-56,58-60,62-66H2,1-2H3,(H,76,79)/b6-4+,13-11-,17-15-,23-21-,45-12+,61-57+. The van der Waals surface area contributed by atoms with Gasteiger partial charge in [-0.25, -0.2) is 0 Å². The van der Waals surface area contributed by atoms with Gasteiger partial charge in [-0.2, -0.15) is 0 Å². The number of aliphatic hydroxyl groups excluding tert-OH is 5. The molecular formula is C75H135NO10. The molecule has 1 rings (SSSR count). The zero-order chi connectivity index (χ0) is 62.3. The molecule has 0 aromatic heterocycles. The zero-order valence-electron chi connectivity index (χ0n) is 55.5. The molecule has 1 amide bonds. The Balaban J connectivity index is 1.90. The minimum atomic E-state index is -1.58. The number of allylic oxidation sites excluding steroid dienone is 11. The Morgan fingerprint density at radius 2 is 0.837 bits per heavy atom. The summed E-state index contributed by atoms with van der Waals surface area (Å²) < 4.78 is 16.7. The van der Waals surface area contributed by atoms with Crippen molar-refractivity contribution in [1.82, 2.24) is 5.32 Å². The second-order valence-corrected chi connectivity index (χ2v) is 24.9. The van der Waals surface area contributed by atoms with E-state index in [-0.39, 0.29) is 18.5 Å². The number of ether oxygens (including phenoxy) is 3. The van der Waals surface area contributed by atoms with Crippen LogP contribution in [0.4, 0.5) is 0 Å². The summed E-state index contributed by atoms with van der Waals surface area (Å²) in [5.41, 5.74) is 0. The molecule has 11 heteroatoms. The van der Waals surface area contributed by atoms with Crippen LogP contribution in [0.5, 0.6) is 0 Å². The molecule has 500 valence electrons. The maximum atomic E-state index is 13.0. The van der Waals surface area contributed by atoms with Crippen LogP contribution in [0.15, 0.2) is 72.9 Å². The van der Waals surface area contributed by atoms with Crippen molar-refractivity contribution in [3.8, 4) is 0 Å². The van der Waals surface area contributed by atoms with E-state index in [0.717, 1.165) is 70.6 Å². The van der Waals surface area contributed by atoms with Crippen LogP contribution in [0.2, 0.25) is 0 Å². The first-order chi connectivity index (χ1) is 42.2. The minimum Gasteiger partial charge on any atom is -0.466 e. The molecule has 6 N–H and O–H groups in total. The van der Waals surface area contributed by atoms with Crippen molar-refractivity contribution in [3.05, 3.63) is 72.9 Å². The fourth-order valence-corrected chi connectivity index (χ4v) is 11.1. The van der Waals surface area contributed by atoms with Crippen molar-refractivity contribution >= 4 is 11.9 Å². The number of rotatable bonds is 63. The molecule has 0 aromatic rings.